The van der Waals surface area contributed by atoms with Crippen molar-refractivity contribution in [2.75, 3.05) is 0 Å². The van der Waals surface area contributed by atoms with Gasteiger partial charge in [0, 0.05) is 11.1 Å². The van der Waals surface area contributed by atoms with Gasteiger partial charge in [-0.2, -0.15) is 0 Å². The number of carbonyl (C=O) groups is 2. The van der Waals surface area contributed by atoms with E-state index in [4.69, 9.17) is 4.74 Å². The van der Waals surface area contributed by atoms with Crippen molar-refractivity contribution in [3.05, 3.63) is 89.5 Å². The number of hydrogen-bond acceptors (Lipinski definition) is 5. The van der Waals surface area contributed by atoms with Crippen molar-refractivity contribution in [2.24, 2.45) is 0 Å². The lowest BCUT2D eigenvalue weighted by Gasteiger charge is -2.23. The Morgan fingerprint density at radius 3 is 1.65 bits per heavy atom. The molecule has 3 aromatic carbocycles. The maximum atomic E-state index is 13.1. The van der Waals surface area contributed by atoms with Gasteiger partial charge in [-0.1, -0.05) is 17.7 Å². The van der Waals surface area contributed by atoms with E-state index in [1.807, 2.05) is 6.92 Å². The molecule has 0 fully saturated rings. The van der Waals surface area contributed by atoms with Crippen molar-refractivity contribution in [3.8, 4) is 11.5 Å². The number of Topliss-reactive ketones (excluding diaryl/α,β-unsaturated/α-hetero) is 2. The molecule has 0 N–H and O–H groups in total. The summed E-state index contributed by atoms with van der Waals surface area (Å²) in [6.07, 6.45) is 0. The molecule has 0 aromatic heterocycles. The Hall–Kier alpha value is -3.25. The molecule has 3 rings (SSSR count). The van der Waals surface area contributed by atoms with Crippen LogP contribution in [0.1, 0.15) is 47.1 Å². The SMILES string of the molecule is CC(=O)c1ccc(Oc2ccc(C(=O)C(C)(C)S(=O)(=O)c3ccc(C)cc3)cc2)cc1. The number of aryl methyl sites for hydroxylation is 1. The van der Waals surface area contributed by atoms with Crippen LogP contribution < -0.4 is 4.74 Å². The van der Waals surface area contributed by atoms with E-state index in [1.54, 1.807) is 60.7 Å². The lowest BCUT2D eigenvalue weighted by atomic mass is 10.0. The second-order valence-corrected chi connectivity index (χ2v) is 10.4. The molecule has 0 radical (unpaired) electrons. The monoisotopic (exact) mass is 436 g/mol. The lowest BCUT2D eigenvalue weighted by molar-refractivity contribution is 0.0952. The molecule has 0 amide bonds. The molecule has 0 spiro atoms. The van der Waals surface area contributed by atoms with E-state index in [2.05, 4.69) is 0 Å². The Bertz CT molecular complexity index is 1200. The standard InChI is InChI=1S/C25H24O5S/c1-17-5-15-23(16-6-17)31(28,29)25(3,4)24(27)20-9-13-22(14-10-20)30-21-11-7-19(8-12-21)18(2)26/h5-16H,1-4H3. The first-order valence-electron chi connectivity index (χ1n) is 9.77. The Morgan fingerprint density at radius 2 is 1.19 bits per heavy atom. The smallest absolute Gasteiger partial charge is 0.190 e. The van der Waals surface area contributed by atoms with Gasteiger partial charge in [0.1, 0.15) is 16.2 Å². The number of carbonyl (C=O) groups excluding carboxylic acids is 2. The van der Waals surface area contributed by atoms with Gasteiger partial charge in [-0.05, 0) is 88.4 Å². The molecule has 0 unspecified atom stereocenters. The number of sulfone groups is 1. The maximum Gasteiger partial charge on any atom is 0.190 e. The number of ether oxygens (including phenoxy) is 1. The summed E-state index contributed by atoms with van der Waals surface area (Å²) < 4.78 is 30.3. The average molecular weight is 437 g/mol. The van der Waals surface area contributed by atoms with Gasteiger partial charge in [0.15, 0.2) is 21.4 Å². The van der Waals surface area contributed by atoms with Gasteiger partial charge >= 0.3 is 0 Å². The topological polar surface area (TPSA) is 77.5 Å². The van der Waals surface area contributed by atoms with Crippen molar-refractivity contribution >= 4 is 21.4 Å². The summed E-state index contributed by atoms with van der Waals surface area (Å²) in [6.45, 7) is 6.21. The van der Waals surface area contributed by atoms with Crippen LogP contribution in [-0.4, -0.2) is 24.7 Å². The first-order chi connectivity index (χ1) is 14.5. The Labute approximate surface area is 182 Å². The van der Waals surface area contributed by atoms with Gasteiger partial charge in [0.25, 0.3) is 0 Å². The first kappa shape index (κ1) is 22.4. The molecule has 160 valence electrons. The predicted octanol–water partition coefficient (Wildman–Crippen LogP) is 5.43. The van der Waals surface area contributed by atoms with Crippen molar-refractivity contribution < 1.29 is 22.7 Å². The zero-order chi connectivity index (χ0) is 22.8. The van der Waals surface area contributed by atoms with Gasteiger partial charge in [0.2, 0.25) is 0 Å². The lowest BCUT2D eigenvalue weighted by Crippen LogP contribution is -2.40. The summed E-state index contributed by atoms with van der Waals surface area (Å²) in [5, 5.41) is 0. The Morgan fingerprint density at radius 1 is 0.742 bits per heavy atom. The predicted molar refractivity (Wildman–Crippen MR) is 120 cm³/mol. The van der Waals surface area contributed by atoms with Crippen molar-refractivity contribution in [1.29, 1.82) is 0 Å². The molecule has 0 aliphatic heterocycles. The van der Waals surface area contributed by atoms with Gasteiger partial charge in [-0.25, -0.2) is 8.42 Å². The van der Waals surface area contributed by atoms with Crippen LogP contribution in [-0.2, 0) is 9.84 Å². The van der Waals surface area contributed by atoms with Crippen LogP contribution in [0.15, 0.2) is 77.7 Å². The summed E-state index contributed by atoms with van der Waals surface area (Å²) in [5.74, 6) is 0.515. The number of benzene rings is 3. The minimum Gasteiger partial charge on any atom is -0.457 e. The maximum absolute atomic E-state index is 13.1. The highest BCUT2D eigenvalue weighted by Gasteiger charge is 2.43. The summed E-state index contributed by atoms with van der Waals surface area (Å²) in [4.78, 5) is 24.5. The van der Waals surface area contributed by atoms with Crippen LogP contribution in [0.5, 0.6) is 11.5 Å². The van der Waals surface area contributed by atoms with E-state index in [1.165, 1.54) is 32.9 Å². The summed E-state index contributed by atoms with van der Waals surface area (Å²) >= 11 is 0. The molecule has 0 saturated carbocycles. The summed E-state index contributed by atoms with van der Waals surface area (Å²) in [7, 11) is -3.88. The van der Waals surface area contributed by atoms with Crippen LogP contribution in [0.2, 0.25) is 0 Å². The number of ketones is 2. The molecule has 31 heavy (non-hydrogen) atoms. The number of hydrogen-bond donors (Lipinski definition) is 0. The van der Waals surface area contributed by atoms with Crippen LogP contribution >= 0.6 is 0 Å². The molecule has 5 nitrogen and oxygen atoms in total. The van der Waals surface area contributed by atoms with Crippen LogP contribution in [0, 0.1) is 6.92 Å². The molecule has 0 atom stereocenters. The van der Waals surface area contributed by atoms with Gasteiger partial charge in [0.05, 0.1) is 4.90 Å². The van der Waals surface area contributed by atoms with E-state index in [-0.39, 0.29) is 16.2 Å². The first-order valence-corrected chi connectivity index (χ1v) is 11.3. The molecular weight excluding hydrogens is 412 g/mol. The van der Waals surface area contributed by atoms with Crippen molar-refractivity contribution in [2.45, 2.75) is 37.3 Å². The molecule has 6 heteroatoms. The fraction of sp³-hybridized carbons (Fsp3) is 0.200. The zero-order valence-corrected chi connectivity index (χ0v) is 18.7. The van der Waals surface area contributed by atoms with E-state index in [9.17, 15) is 18.0 Å². The largest absolute Gasteiger partial charge is 0.457 e. The Balaban J connectivity index is 1.80. The number of rotatable bonds is 7. The third kappa shape index (κ3) is 4.59. The average Bonchev–Trinajstić information content (AvgIpc) is 2.74. The molecule has 3 aromatic rings. The van der Waals surface area contributed by atoms with Crippen LogP contribution in [0.4, 0.5) is 0 Å². The molecule has 0 saturated heterocycles. The van der Waals surface area contributed by atoms with Crippen molar-refractivity contribution in [3.63, 3.8) is 0 Å². The zero-order valence-electron chi connectivity index (χ0n) is 17.9. The molecule has 0 heterocycles. The highest BCUT2D eigenvalue weighted by molar-refractivity contribution is 7.93. The minimum atomic E-state index is -3.88. The highest BCUT2D eigenvalue weighted by atomic mass is 32.2. The van der Waals surface area contributed by atoms with E-state index >= 15 is 0 Å². The fourth-order valence-corrected chi connectivity index (χ4v) is 4.50. The second kappa shape index (κ2) is 8.47. The normalized spacial score (nSPS) is 11.7. The van der Waals surface area contributed by atoms with E-state index in [0.29, 0.717) is 17.1 Å². The fourth-order valence-electron chi connectivity index (χ4n) is 3.05. The quantitative estimate of drug-likeness (QED) is 0.462. The molecular formula is C25H24O5S. The Kier molecular flexibility index (Phi) is 6.13. The third-order valence-electron chi connectivity index (χ3n) is 5.16. The van der Waals surface area contributed by atoms with E-state index < -0.39 is 20.4 Å². The molecule has 0 aliphatic rings. The van der Waals surface area contributed by atoms with Crippen LogP contribution in [0.3, 0.4) is 0 Å². The molecule has 0 bridgehead atoms. The highest BCUT2D eigenvalue weighted by Crippen LogP contribution is 2.30. The van der Waals surface area contributed by atoms with E-state index in [0.717, 1.165) is 5.56 Å². The van der Waals surface area contributed by atoms with Crippen LogP contribution in [0.25, 0.3) is 0 Å². The van der Waals surface area contributed by atoms with Gasteiger partial charge in [-0.3, -0.25) is 9.59 Å². The molecule has 0 aliphatic carbocycles. The summed E-state index contributed by atoms with van der Waals surface area (Å²) in [5.41, 5.74) is 1.81. The van der Waals surface area contributed by atoms with Gasteiger partial charge in [-0.15, -0.1) is 0 Å². The second-order valence-electron chi connectivity index (χ2n) is 7.86. The minimum absolute atomic E-state index is 0.0300. The summed E-state index contributed by atoms with van der Waals surface area (Å²) in [6, 6.07) is 19.5. The van der Waals surface area contributed by atoms with Gasteiger partial charge < -0.3 is 4.74 Å². The third-order valence-corrected chi connectivity index (χ3v) is 7.58. The van der Waals surface area contributed by atoms with Crippen molar-refractivity contribution in [1.82, 2.24) is 0 Å².